The summed E-state index contributed by atoms with van der Waals surface area (Å²) in [5.41, 5.74) is 1.35. The lowest BCUT2D eigenvalue weighted by Gasteiger charge is -2.40. The van der Waals surface area contributed by atoms with E-state index in [9.17, 15) is 0 Å². The third-order valence-corrected chi connectivity index (χ3v) is 7.05. The standard InChI is InChI=1S/C25H40N4O3/c1-4-26-25(29-14-16-32-23(18-29)22-8-6-15-31-22)27-17-20-7-5-13-28(2)24(20)19-9-11-21(30-3)12-10-19/h9-12,20,22-24H,4-8,13-18H2,1-3H3,(H,26,27). The van der Waals surface area contributed by atoms with Gasteiger partial charge >= 0.3 is 0 Å². The zero-order valence-corrected chi connectivity index (χ0v) is 20.0. The van der Waals surface area contributed by atoms with Gasteiger partial charge in [-0.25, -0.2) is 0 Å². The number of hydrogen-bond acceptors (Lipinski definition) is 5. The van der Waals surface area contributed by atoms with Crippen molar-refractivity contribution in [1.82, 2.24) is 15.1 Å². The maximum atomic E-state index is 6.06. The van der Waals surface area contributed by atoms with E-state index in [1.165, 1.54) is 18.4 Å². The molecule has 0 bridgehead atoms. The first-order chi connectivity index (χ1) is 15.7. The summed E-state index contributed by atoms with van der Waals surface area (Å²) in [4.78, 5) is 10.0. The Morgan fingerprint density at radius 2 is 1.91 bits per heavy atom. The summed E-state index contributed by atoms with van der Waals surface area (Å²) in [5, 5.41) is 3.53. The fraction of sp³-hybridized carbons (Fsp3) is 0.720. The van der Waals surface area contributed by atoms with E-state index < -0.39 is 0 Å². The number of ether oxygens (including phenoxy) is 3. The number of rotatable bonds is 6. The van der Waals surface area contributed by atoms with Crippen LogP contribution < -0.4 is 10.1 Å². The summed E-state index contributed by atoms with van der Waals surface area (Å²) in [6.07, 6.45) is 5.03. The van der Waals surface area contributed by atoms with Crippen molar-refractivity contribution in [2.45, 2.75) is 50.9 Å². The first kappa shape index (κ1) is 23.3. The highest BCUT2D eigenvalue weighted by molar-refractivity contribution is 5.80. The summed E-state index contributed by atoms with van der Waals surface area (Å²) in [6, 6.07) is 8.94. The fourth-order valence-corrected chi connectivity index (χ4v) is 5.40. The Labute approximate surface area is 193 Å². The van der Waals surface area contributed by atoms with Crippen molar-refractivity contribution >= 4 is 5.96 Å². The molecule has 0 aliphatic carbocycles. The van der Waals surface area contributed by atoms with Gasteiger partial charge < -0.3 is 24.4 Å². The predicted octanol–water partition coefficient (Wildman–Crippen LogP) is 2.92. The molecule has 0 spiro atoms. The lowest BCUT2D eigenvalue weighted by molar-refractivity contribution is -0.0817. The molecular weight excluding hydrogens is 404 g/mol. The maximum Gasteiger partial charge on any atom is 0.194 e. The molecule has 0 radical (unpaired) electrons. The molecule has 32 heavy (non-hydrogen) atoms. The molecular formula is C25H40N4O3. The molecule has 0 aromatic heterocycles. The van der Waals surface area contributed by atoms with Crippen LogP contribution in [0.3, 0.4) is 0 Å². The van der Waals surface area contributed by atoms with Crippen LogP contribution in [0.25, 0.3) is 0 Å². The summed E-state index contributed by atoms with van der Waals surface area (Å²) in [6.45, 7) is 8.28. The number of benzene rings is 1. The molecule has 3 heterocycles. The minimum absolute atomic E-state index is 0.142. The number of guanidine groups is 1. The number of aliphatic imine (C=N–C) groups is 1. The van der Waals surface area contributed by atoms with Gasteiger partial charge in [-0.1, -0.05) is 12.1 Å². The van der Waals surface area contributed by atoms with E-state index in [0.29, 0.717) is 12.0 Å². The third kappa shape index (κ3) is 5.56. The SMILES string of the molecule is CCNC(=NCC1CCCN(C)C1c1ccc(OC)cc1)N1CCOC(C2CCCO2)C1. The molecule has 0 saturated carbocycles. The number of likely N-dealkylation sites (tertiary alicyclic amines) is 1. The van der Waals surface area contributed by atoms with Crippen LogP contribution in [0, 0.1) is 5.92 Å². The first-order valence-electron chi connectivity index (χ1n) is 12.3. The summed E-state index contributed by atoms with van der Waals surface area (Å²) in [7, 11) is 3.96. The van der Waals surface area contributed by atoms with Crippen LogP contribution in [0.1, 0.15) is 44.2 Å². The lowest BCUT2D eigenvalue weighted by Crippen LogP contribution is -2.53. The zero-order valence-electron chi connectivity index (χ0n) is 20.0. The van der Waals surface area contributed by atoms with Crippen molar-refractivity contribution in [2.24, 2.45) is 10.9 Å². The van der Waals surface area contributed by atoms with Gasteiger partial charge in [0, 0.05) is 38.8 Å². The smallest absolute Gasteiger partial charge is 0.194 e. The summed E-state index contributed by atoms with van der Waals surface area (Å²) >= 11 is 0. The van der Waals surface area contributed by atoms with Crippen LogP contribution in [-0.4, -0.2) is 88.1 Å². The topological polar surface area (TPSA) is 58.6 Å². The van der Waals surface area contributed by atoms with Gasteiger partial charge in [0.2, 0.25) is 0 Å². The molecule has 4 unspecified atom stereocenters. The average Bonchev–Trinajstić information content (AvgIpc) is 3.37. The number of nitrogens with zero attached hydrogens (tertiary/aromatic N) is 3. The van der Waals surface area contributed by atoms with E-state index in [0.717, 1.165) is 70.5 Å². The molecule has 3 aliphatic rings. The summed E-state index contributed by atoms with van der Waals surface area (Å²) in [5.74, 6) is 2.41. The summed E-state index contributed by atoms with van der Waals surface area (Å²) < 4.78 is 17.3. The quantitative estimate of drug-likeness (QED) is 0.538. The van der Waals surface area contributed by atoms with Gasteiger partial charge in [-0.3, -0.25) is 9.89 Å². The molecule has 1 aromatic carbocycles. The second-order valence-corrected chi connectivity index (χ2v) is 9.20. The van der Waals surface area contributed by atoms with E-state index in [4.69, 9.17) is 19.2 Å². The lowest BCUT2D eigenvalue weighted by atomic mass is 9.85. The van der Waals surface area contributed by atoms with Crippen molar-refractivity contribution in [1.29, 1.82) is 0 Å². The van der Waals surface area contributed by atoms with Gasteiger partial charge in [0.1, 0.15) is 11.9 Å². The van der Waals surface area contributed by atoms with Gasteiger partial charge in [0.25, 0.3) is 0 Å². The number of methoxy groups -OCH3 is 1. The molecule has 0 amide bonds. The van der Waals surface area contributed by atoms with Crippen molar-refractivity contribution in [3.8, 4) is 5.75 Å². The zero-order chi connectivity index (χ0) is 22.3. The minimum atomic E-state index is 0.142. The maximum absolute atomic E-state index is 6.06. The van der Waals surface area contributed by atoms with Crippen LogP contribution in [0.15, 0.2) is 29.3 Å². The van der Waals surface area contributed by atoms with Crippen LogP contribution in [0.2, 0.25) is 0 Å². The Morgan fingerprint density at radius 3 is 2.62 bits per heavy atom. The Balaban J connectivity index is 1.46. The van der Waals surface area contributed by atoms with Crippen molar-refractivity contribution in [2.75, 3.05) is 60.1 Å². The van der Waals surface area contributed by atoms with E-state index in [1.54, 1.807) is 7.11 Å². The van der Waals surface area contributed by atoms with Gasteiger partial charge in [0.15, 0.2) is 5.96 Å². The molecule has 1 N–H and O–H groups in total. The molecule has 3 fully saturated rings. The van der Waals surface area contributed by atoms with Gasteiger partial charge in [-0.05, 0) is 69.8 Å². The monoisotopic (exact) mass is 444 g/mol. The van der Waals surface area contributed by atoms with E-state index in [-0.39, 0.29) is 12.2 Å². The molecule has 7 heteroatoms. The highest BCUT2D eigenvalue weighted by Gasteiger charge is 2.33. The molecule has 178 valence electrons. The highest BCUT2D eigenvalue weighted by Crippen LogP contribution is 2.36. The minimum Gasteiger partial charge on any atom is -0.497 e. The van der Waals surface area contributed by atoms with Gasteiger partial charge in [-0.15, -0.1) is 0 Å². The number of hydrogen-bond donors (Lipinski definition) is 1. The average molecular weight is 445 g/mol. The Kier molecular flexibility index (Phi) is 8.27. The molecule has 7 nitrogen and oxygen atoms in total. The van der Waals surface area contributed by atoms with Crippen LogP contribution in [0.4, 0.5) is 0 Å². The predicted molar refractivity (Wildman–Crippen MR) is 127 cm³/mol. The first-order valence-corrected chi connectivity index (χ1v) is 12.3. The van der Waals surface area contributed by atoms with Crippen molar-refractivity contribution in [3.63, 3.8) is 0 Å². The van der Waals surface area contributed by atoms with Gasteiger partial charge in [-0.2, -0.15) is 0 Å². The highest BCUT2D eigenvalue weighted by atomic mass is 16.5. The number of piperidine rings is 1. The van der Waals surface area contributed by atoms with E-state index >= 15 is 0 Å². The molecule has 3 saturated heterocycles. The van der Waals surface area contributed by atoms with E-state index in [2.05, 4.69) is 53.4 Å². The molecule has 4 atom stereocenters. The van der Waals surface area contributed by atoms with Crippen molar-refractivity contribution < 1.29 is 14.2 Å². The van der Waals surface area contributed by atoms with Crippen molar-refractivity contribution in [3.05, 3.63) is 29.8 Å². The van der Waals surface area contributed by atoms with Crippen LogP contribution in [0.5, 0.6) is 5.75 Å². The molecule has 3 aliphatic heterocycles. The van der Waals surface area contributed by atoms with E-state index in [1.807, 2.05) is 0 Å². The van der Waals surface area contributed by atoms with Crippen LogP contribution in [-0.2, 0) is 9.47 Å². The molecule has 1 aromatic rings. The molecule has 4 rings (SSSR count). The third-order valence-electron chi connectivity index (χ3n) is 7.05. The fourth-order valence-electron chi connectivity index (χ4n) is 5.40. The Morgan fingerprint density at radius 1 is 1.09 bits per heavy atom. The second-order valence-electron chi connectivity index (χ2n) is 9.20. The number of nitrogens with one attached hydrogen (secondary N) is 1. The normalized spacial score (nSPS) is 29.8. The largest absolute Gasteiger partial charge is 0.497 e. The second kappa shape index (κ2) is 11.3. The van der Waals surface area contributed by atoms with Gasteiger partial charge in [0.05, 0.1) is 19.8 Å². The van der Waals surface area contributed by atoms with Crippen LogP contribution >= 0.6 is 0 Å². The Hall–Kier alpha value is -1.83. The number of morpholine rings is 1. The Bertz CT molecular complexity index is 735.